The van der Waals surface area contributed by atoms with Crippen LogP contribution < -0.4 is 10.1 Å². The van der Waals surface area contributed by atoms with Crippen LogP contribution in [0.15, 0.2) is 77.3 Å². The lowest BCUT2D eigenvalue weighted by Gasteiger charge is -2.33. The van der Waals surface area contributed by atoms with Crippen LogP contribution in [0.5, 0.6) is 5.75 Å². The number of halogens is 2. The second-order valence-electron chi connectivity index (χ2n) is 9.86. The normalized spacial score (nSPS) is 14.5. The highest BCUT2D eigenvalue weighted by molar-refractivity contribution is 9.10. The largest absolute Gasteiger partial charge is 0.484 e. The molecule has 3 aromatic carbocycles. The van der Waals surface area contributed by atoms with Crippen LogP contribution >= 0.6 is 27.5 Å². The van der Waals surface area contributed by atoms with Crippen LogP contribution in [0.1, 0.15) is 48.8 Å². The second-order valence-corrected chi connectivity index (χ2v) is 11.1. The molecular formula is C31H34BrClN2O3. The molecule has 0 aliphatic heterocycles. The highest BCUT2D eigenvalue weighted by Crippen LogP contribution is 2.24. The third kappa shape index (κ3) is 7.84. The number of ether oxygens (including phenoxy) is 1. The lowest BCUT2D eigenvalue weighted by atomic mass is 9.94. The SMILES string of the molecule is Cc1cc(OCC(=O)N(Cc2ccccc2Cl)[C@H](Cc2ccccc2)C(=O)NC2CCCCC2)ccc1Br. The molecule has 5 nitrogen and oxygen atoms in total. The third-order valence-corrected chi connectivity index (χ3v) is 8.27. The highest BCUT2D eigenvalue weighted by atomic mass is 79.9. The molecule has 0 radical (unpaired) electrons. The zero-order valence-corrected chi connectivity index (χ0v) is 24.0. The fourth-order valence-electron chi connectivity index (χ4n) is 4.84. The summed E-state index contributed by atoms with van der Waals surface area (Å²) in [5.74, 6) is 0.189. The number of aryl methyl sites for hydroxylation is 1. The molecule has 0 bridgehead atoms. The summed E-state index contributed by atoms with van der Waals surface area (Å²) in [6.07, 6.45) is 5.74. The molecule has 1 fully saturated rings. The first-order chi connectivity index (χ1) is 18.4. The maximum atomic E-state index is 13.8. The Kier molecular flexibility index (Phi) is 10.2. The maximum Gasteiger partial charge on any atom is 0.261 e. The molecule has 1 aliphatic carbocycles. The number of nitrogens with zero attached hydrogens (tertiary/aromatic N) is 1. The van der Waals surface area contributed by atoms with Crippen LogP contribution in [0, 0.1) is 6.92 Å². The van der Waals surface area contributed by atoms with Gasteiger partial charge < -0.3 is 15.0 Å². The van der Waals surface area contributed by atoms with Crippen molar-refractivity contribution in [3.8, 4) is 5.75 Å². The Morgan fingerprint density at radius 2 is 1.74 bits per heavy atom. The van der Waals surface area contributed by atoms with Crippen molar-refractivity contribution in [2.75, 3.05) is 6.61 Å². The quantitative estimate of drug-likeness (QED) is 0.277. The van der Waals surface area contributed by atoms with Gasteiger partial charge in [0.05, 0.1) is 0 Å². The summed E-state index contributed by atoms with van der Waals surface area (Å²) in [4.78, 5) is 29.2. The number of amides is 2. The zero-order chi connectivity index (χ0) is 26.9. The van der Waals surface area contributed by atoms with Crippen LogP contribution in [0.4, 0.5) is 0 Å². The molecule has 0 saturated heterocycles. The van der Waals surface area contributed by atoms with Crippen molar-refractivity contribution in [3.63, 3.8) is 0 Å². The first kappa shape index (κ1) is 28.2. The Balaban J connectivity index is 1.62. The van der Waals surface area contributed by atoms with Gasteiger partial charge in [0, 0.05) is 28.5 Å². The highest BCUT2D eigenvalue weighted by Gasteiger charge is 2.32. The lowest BCUT2D eigenvalue weighted by Crippen LogP contribution is -2.53. The summed E-state index contributed by atoms with van der Waals surface area (Å²) in [6, 6.07) is 22.3. The Bertz CT molecular complexity index is 1230. The molecular weight excluding hydrogens is 564 g/mol. The van der Waals surface area contributed by atoms with Crippen LogP contribution in [0.3, 0.4) is 0 Å². The van der Waals surface area contributed by atoms with Gasteiger partial charge in [0.1, 0.15) is 11.8 Å². The summed E-state index contributed by atoms with van der Waals surface area (Å²) >= 11 is 10.00. The molecule has 1 N–H and O–H groups in total. The molecule has 3 aromatic rings. The van der Waals surface area contributed by atoms with Crippen LogP contribution in [0.25, 0.3) is 0 Å². The van der Waals surface area contributed by atoms with Crippen molar-refractivity contribution in [1.29, 1.82) is 0 Å². The maximum absolute atomic E-state index is 13.8. The molecule has 1 saturated carbocycles. The van der Waals surface area contributed by atoms with Crippen molar-refractivity contribution in [2.45, 2.75) is 64.1 Å². The number of hydrogen-bond acceptors (Lipinski definition) is 3. The van der Waals surface area contributed by atoms with E-state index in [9.17, 15) is 9.59 Å². The van der Waals surface area contributed by atoms with Crippen LogP contribution in [-0.2, 0) is 22.6 Å². The monoisotopic (exact) mass is 596 g/mol. The Hall–Kier alpha value is -2.83. The topological polar surface area (TPSA) is 58.6 Å². The minimum absolute atomic E-state index is 0.133. The smallest absolute Gasteiger partial charge is 0.261 e. The summed E-state index contributed by atoms with van der Waals surface area (Å²) in [6.45, 7) is 1.98. The van der Waals surface area contributed by atoms with Gasteiger partial charge in [-0.3, -0.25) is 9.59 Å². The molecule has 7 heteroatoms. The molecule has 0 unspecified atom stereocenters. The zero-order valence-electron chi connectivity index (χ0n) is 21.7. The average Bonchev–Trinajstić information content (AvgIpc) is 2.93. The Labute approximate surface area is 238 Å². The van der Waals surface area contributed by atoms with E-state index in [0.717, 1.165) is 46.8 Å². The average molecular weight is 598 g/mol. The van der Waals surface area contributed by atoms with Gasteiger partial charge in [0.2, 0.25) is 5.91 Å². The first-order valence-corrected chi connectivity index (χ1v) is 14.3. The fourth-order valence-corrected chi connectivity index (χ4v) is 5.29. The van der Waals surface area contributed by atoms with Crippen molar-refractivity contribution in [2.24, 2.45) is 0 Å². The Morgan fingerprint density at radius 1 is 1.03 bits per heavy atom. The molecule has 4 rings (SSSR count). The van der Waals surface area contributed by atoms with Gasteiger partial charge in [0.25, 0.3) is 5.91 Å². The van der Waals surface area contributed by atoms with E-state index in [-0.39, 0.29) is 31.0 Å². The summed E-state index contributed by atoms with van der Waals surface area (Å²) < 4.78 is 6.88. The number of carbonyl (C=O) groups excluding carboxylic acids is 2. The Morgan fingerprint density at radius 3 is 2.45 bits per heavy atom. The minimum atomic E-state index is -0.710. The van der Waals surface area contributed by atoms with E-state index < -0.39 is 6.04 Å². The molecule has 0 heterocycles. The van der Waals surface area contributed by atoms with Gasteiger partial charge in [0.15, 0.2) is 6.61 Å². The van der Waals surface area contributed by atoms with Crippen molar-refractivity contribution >= 4 is 39.3 Å². The predicted molar refractivity (Wildman–Crippen MR) is 155 cm³/mol. The van der Waals surface area contributed by atoms with Gasteiger partial charge in [-0.1, -0.05) is 95.3 Å². The van der Waals surface area contributed by atoms with E-state index >= 15 is 0 Å². The molecule has 2 amide bonds. The van der Waals surface area contributed by atoms with E-state index in [1.165, 1.54) is 6.42 Å². The number of hydrogen-bond donors (Lipinski definition) is 1. The van der Waals surface area contributed by atoms with Crippen molar-refractivity contribution in [1.82, 2.24) is 10.2 Å². The number of carbonyl (C=O) groups is 2. The summed E-state index contributed by atoms with van der Waals surface area (Å²) in [5, 5.41) is 3.81. The van der Waals surface area contributed by atoms with Crippen molar-refractivity contribution in [3.05, 3.63) is 99.0 Å². The second kappa shape index (κ2) is 13.8. The van der Waals surface area contributed by atoms with Gasteiger partial charge >= 0.3 is 0 Å². The minimum Gasteiger partial charge on any atom is -0.484 e. The molecule has 0 spiro atoms. The van der Waals surface area contributed by atoms with E-state index in [4.69, 9.17) is 16.3 Å². The molecule has 1 aliphatic rings. The first-order valence-electron chi connectivity index (χ1n) is 13.2. The van der Waals surface area contributed by atoms with E-state index in [1.807, 2.05) is 73.7 Å². The predicted octanol–water partition coefficient (Wildman–Crippen LogP) is 6.88. The lowest BCUT2D eigenvalue weighted by molar-refractivity contribution is -0.143. The third-order valence-electron chi connectivity index (χ3n) is 7.01. The van der Waals surface area contributed by atoms with E-state index in [1.54, 1.807) is 11.0 Å². The molecule has 200 valence electrons. The summed E-state index contributed by atoms with van der Waals surface area (Å²) in [7, 11) is 0. The van der Waals surface area contributed by atoms with Crippen LogP contribution in [0.2, 0.25) is 5.02 Å². The molecule has 0 aromatic heterocycles. The van der Waals surface area contributed by atoms with Crippen LogP contribution in [-0.4, -0.2) is 35.4 Å². The van der Waals surface area contributed by atoms with Gasteiger partial charge in [-0.15, -0.1) is 0 Å². The number of nitrogens with one attached hydrogen (secondary N) is 1. The van der Waals surface area contributed by atoms with Gasteiger partial charge in [-0.25, -0.2) is 0 Å². The fraction of sp³-hybridized carbons (Fsp3) is 0.355. The molecule has 38 heavy (non-hydrogen) atoms. The van der Waals surface area contributed by atoms with E-state index in [2.05, 4.69) is 21.2 Å². The van der Waals surface area contributed by atoms with E-state index in [0.29, 0.717) is 17.2 Å². The number of rotatable bonds is 10. The van der Waals surface area contributed by atoms with Gasteiger partial charge in [-0.05, 0) is 60.7 Å². The molecule has 1 atom stereocenters. The van der Waals surface area contributed by atoms with Crippen molar-refractivity contribution < 1.29 is 14.3 Å². The summed E-state index contributed by atoms with van der Waals surface area (Å²) in [5.41, 5.74) is 2.78. The standard InChI is InChI=1S/C31H34BrClN2O3/c1-22-18-26(16-17-27(22)32)38-21-30(36)35(20-24-12-8-9-15-28(24)33)29(19-23-10-4-2-5-11-23)31(37)34-25-13-6-3-7-14-25/h2,4-5,8-12,15-18,25,29H,3,6-7,13-14,19-21H2,1H3,(H,34,37)/t29-/m1/s1. The number of benzene rings is 3. The van der Waals surface area contributed by atoms with Gasteiger partial charge in [-0.2, -0.15) is 0 Å².